The Balaban J connectivity index is 1.75. The molecule has 0 fully saturated rings. The molecular formula is C29H31ClN4O6S. The Hall–Kier alpha value is -3.83. The fraction of sp³-hybridized carbons (Fsp3) is 0.345. The van der Waals surface area contributed by atoms with Gasteiger partial charge in [0.1, 0.15) is 5.69 Å². The van der Waals surface area contributed by atoms with Crippen molar-refractivity contribution in [1.29, 1.82) is 0 Å². The van der Waals surface area contributed by atoms with Gasteiger partial charge in [0.05, 0.1) is 46.0 Å². The number of nitrogens with zero attached hydrogens (tertiary/aromatic N) is 4. The zero-order chi connectivity index (χ0) is 29.8. The molecule has 0 atom stereocenters. The van der Waals surface area contributed by atoms with Crippen molar-refractivity contribution in [1.82, 2.24) is 14.3 Å². The number of rotatable bonds is 11. The molecule has 10 nitrogen and oxygen atoms in total. The topological polar surface area (TPSA) is 118 Å². The summed E-state index contributed by atoms with van der Waals surface area (Å²) in [5, 5.41) is 17.4. The summed E-state index contributed by atoms with van der Waals surface area (Å²) in [5.74, 6) is -0.247. The SMILES string of the molecule is COC(=O)CCc1c(C(=O)OC)n(C)c2c(-c3c(C)c(C)nn3CCCSc3ccccc3[N+](=O)[O-])c(Cl)ccc12. The number of hydrogen-bond acceptors (Lipinski definition) is 8. The lowest BCUT2D eigenvalue weighted by molar-refractivity contribution is -0.387. The third-order valence-corrected chi connectivity index (χ3v) is 8.56. The molecule has 0 saturated carbocycles. The molecule has 0 unspecified atom stereocenters. The summed E-state index contributed by atoms with van der Waals surface area (Å²) in [6.07, 6.45) is 1.09. The van der Waals surface area contributed by atoms with Crippen LogP contribution in [-0.2, 0) is 34.3 Å². The van der Waals surface area contributed by atoms with E-state index in [1.165, 1.54) is 32.0 Å². The molecule has 0 bridgehead atoms. The Labute approximate surface area is 246 Å². The van der Waals surface area contributed by atoms with Crippen LogP contribution in [0.1, 0.15) is 40.2 Å². The largest absolute Gasteiger partial charge is 0.469 e. The minimum Gasteiger partial charge on any atom is -0.469 e. The van der Waals surface area contributed by atoms with Gasteiger partial charge < -0.3 is 14.0 Å². The van der Waals surface area contributed by atoms with Gasteiger partial charge in [-0.15, -0.1) is 11.8 Å². The van der Waals surface area contributed by atoms with Gasteiger partial charge in [0, 0.05) is 42.8 Å². The van der Waals surface area contributed by atoms with Crippen LogP contribution in [-0.4, -0.2) is 51.2 Å². The maximum absolute atomic E-state index is 12.9. The summed E-state index contributed by atoms with van der Waals surface area (Å²) >= 11 is 8.30. The molecule has 2 aromatic heterocycles. The van der Waals surface area contributed by atoms with Gasteiger partial charge in [-0.25, -0.2) is 4.79 Å². The molecule has 2 aromatic carbocycles. The van der Waals surface area contributed by atoms with Crippen LogP contribution in [0.4, 0.5) is 5.69 Å². The third kappa shape index (κ3) is 5.96. The number of thioether (sulfide) groups is 1. The van der Waals surface area contributed by atoms with Crippen molar-refractivity contribution < 1.29 is 24.0 Å². The Kier molecular flexibility index (Phi) is 9.39. The number of ether oxygens (including phenoxy) is 2. The number of para-hydroxylation sites is 1. The van der Waals surface area contributed by atoms with Crippen LogP contribution >= 0.6 is 23.4 Å². The minimum atomic E-state index is -0.515. The fourth-order valence-electron chi connectivity index (χ4n) is 5.04. The molecule has 4 aromatic rings. The quantitative estimate of drug-likeness (QED) is 0.0649. The van der Waals surface area contributed by atoms with Gasteiger partial charge in [0.25, 0.3) is 5.69 Å². The van der Waals surface area contributed by atoms with Crippen molar-refractivity contribution in [2.24, 2.45) is 7.05 Å². The molecule has 0 aliphatic rings. The molecule has 2 heterocycles. The molecule has 41 heavy (non-hydrogen) atoms. The van der Waals surface area contributed by atoms with Crippen LogP contribution in [0.25, 0.3) is 22.2 Å². The second-order valence-corrected chi connectivity index (χ2v) is 11.0. The number of fused-ring (bicyclic) bond motifs is 1. The van der Waals surface area contributed by atoms with Gasteiger partial charge in [-0.2, -0.15) is 5.10 Å². The summed E-state index contributed by atoms with van der Waals surface area (Å²) in [6.45, 7) is 4.46. The second-order valence-electron chi connectivity index (χ2n) is 9.48. The number of aryl methyl sites for hydroxylation is 4. The lowest BCUT2D eigenvalue weighted by Gasteiger charge is -2.14. The van der Waals surface area contributed by atoms with Crippen LogP contribution in [0, 0.1) is 24.0 Å². The van der Waals surface area contributed by atoms with E-state index in [-0.39, 0.29) is 29.4 Å². The van der Waals surface area contributed by atoms with E-state index in [0.29, 0.717) is 39.9 Å². The Bertz CT molecular complexity index is 1640. The normalized spacial score (nSPS) is 11.2. The van der Waals surface area contributed by atoms with E-state index >= 15 is 0 Å². The van der Waals surface area contributed by atoms with Gasteiger partial charge in [0.2, 0.25) is 0 Å². The number of methoxy groups -OCH3 is 2. The highest BCUT2D eigenvalue weighted by molar-refractivity contribution is 7.99. The standard InChI is InChI=1S/C29H31ClN4O6S/c1-17-18(2)31-33(15-8-16-41-23-10-7-6-9-22(23)34(37)38)26(17)25-21(30)13-11-19-20(12-14-24(35)39-4)28(29(36)40-5)32(3)27(19)25/h6-7,9-11,13H,8,12,14-16H2,1-5H3. The zero-order valence-electron chi connectivity index (χ0n) is 23.5. The molecule has 4 rings (SSSR count). The Morgan fingerprint density at radius 3 is 2.54 bits per heavy atom. The Morgan fingerprint density at radius 2 is 1.85 bits per heavy atom. The number of nitro groups is 1. The average Bonchev–Trinajstić information content (AvgIpc) is 3.40. The monoisotopic (exact) mass is 598 g/mol. The van der Waals surface area contributed by atoms with Crippen LogP contribution in [0.3, 0.4) is 0 Å². The fourth-order valence-corrected chi connectivity index (χ4v) is 6.24. The summed E-state index contributed by atoms with van der Waals surface area (Å²) in [6, 6.07) is 10.3. The highest BCUT2D eigenvalue weighted by Crippen LogP contribution is 2.41. The number of benzene rings is 2. The number of aromatic nitrogens is 3. The van der Waals surface area contributed by atoms with E-state index in [1.54, 1.807) is 35.9 Å². The first-order valence-corrected chi connectivity index (χ1v) is 14.3. The molecule has 216 valence electrons. The highest BCUT2D eigenvalue weighted by Gasteiger charge is 2.28. The van der Waals surface area contributed by atoms with E-state index < -0.39 is 5.97 Å². The molecule has 0 aliphatic heterocycles. The van der Waals surface area contributed by atoms with Gasteiger partial charge >= 0.3 is 11.9 Å². The number of carbonyl (C=O) groups is 2. The predicted octanol–water partition coefficient (Wildman–Crippen LogP) is 6.29. The maximum atomic E-state index is 12.9. The number of halogens is 1. The molecular weight excluding hydrogens is 568 g/mol. The van der Waals surface area contributed by atoms with E-state index in [1.807, 2.05) is 24.6 Å². The first kappa shape index (κ1) is 30.1. The van der Waals surface area contributed by atoms with Crippen molar-refractivity contribution in [3.8, 4) is 11.3 Å². The summed E-state index contributed by atoms with van der Waals surface area (Å²) in [7, 11) is 4.43. The summed E-state index contributed by atoms with van der Waals surface area (Å²) < 4.78 is 13.6. The van der Waals surface area contributed by atoms with E-state index in [4.69, 9.17) is 26.2 Å². The van der Waals surface area contributed by atoms with Crippen LogP contribution in [0.15, 0.2) is 41.3 Å². The minimum absolute atomic E-state index is 0.0931. The summed E-state index contributed by atoms with van der Waals surface area (Å²) in [5.41, 5.74) is 5.19. The third-order valence-electron chi connectivity index (χ3n) is 7.09. The lowest BCUT2D eigenvalue weighted by atomic mass is 10.00. The van der Waals surface area contributed by atoms with Crippen molar-refractivity contribution in [3.63, 3.8) is 0 Å². The molecule has 0 saturated heterocycles. The smallest absolute Gasteiger partial charge is 0.354 e. The lowest BCUT2D eigenvalue weighted by Crippen LogP contribution is -2.12. The van der Waals surface area contributed by atoms with Gasteiger partial charge in [-0.05, 0) is 49.9 Å². The van der Waals surface area contributed by atoms with Crippen LogP contribution in [0.5, 0.6) is 0 Å². The molecule has 0 aliphatic carbocycles. The van der Waals surface area contributed by atoms with Crippen LogP contribution < -0.4 is 0 Å². The van der Waals surface area contributed by atoms with Crippen LogP contribution in [0.2, 0.25) is 5.02 Å². The molecule has 12 heteroatoms. The van der Waals surface area contributed by atoms with E-state index in [0.717, 1.165) is 33.4 Å². The van der Waals surface area contributed by atoms with Crippen molar-refractivity contribution in [2.45, 2.75) is 44.6 Å². The Morgan fingerprint density at radius 1 is 1.12 bits per heavy atom. The molecule has 0 spiro atoms. The van der Waals surface area contributed by atoms with Crippen molar-refractivity contribution in [2.75, 3.05) is 20.0 Å². The first-order valence-electron chi connectivity index (χ1n) is 13.0. The number of hydrogen-bond donors (Lipinski definition) is 0. The number of esters is 2. The van der Waals surface area contributed by atoms with E-state index in [2.05, 4.69) is 0 Å². The van der Waals surface area contributed by atoms with Gasteiger partial charge in [0.15, 0.2) is 0 Å². The summed E-state index contributed by atoms with van der Waals surface area (Å²) in [4.78, 5) is 36.5. The zero-order valence-corrected chi connectivity index (χ0v) is 25.1. The highest BCUT2D eigenvalue weighted by atomic mass is 35.5. The molecule has 0 N–H and O–H groups in total. The maximum Gasteiger partial charge on any atom is 0.354 e. The van der Waals surface area contributed by atoms with E-state index in [9.17, 15) is 19.7 Å². The van der Waals surface area contributed by atoms with Gasteiger partial charge in [-0.1, -0.05) is 29.8 Å². The average molecular weight is 599 g/mol. The first-order chi connectivity index (χ1) is 19.6. The number of nitro benzene ring substituents is 1. The van der Waals surface area contributed by atoms with Crippen molar-refractivity contribution in [3.05, 3.63) is 74.0 Å². The molecule has 0 amide bonds. The van der Waals surface area contributed by atoms with Gasteiger partial charge in [-0.3, -0.25) is 19.6 Å². The number of carbonyl (C=O) groups excluding carboxylic acids is 2. The molecule has 0 radical (unpaired) electrons. The van der Waals surface area contributed by atoms with Crippen molar-refractivity contribution >= 4 is 51.9 Å². The second kappa shape index (κ2) is 12.8. The predicted molar refractivity (Wildman–Crippen MR) is 159 cm³/mol.